The maximum atomic E-state index is 12.6. The van der Waals surface area contributed by atoms with Crippen LogP contribution < -0.4 is 5.32 Å². The predicted octanol–water partition coefficient (Wildman–Crippen LogP) is 3.80. The summed E-state index contributed by atoms with van der Waals surface area (Å²) in [5.41, 5.74) is 3.27. The van der Waals surface area contributed by atoms with Gasteiger partial charge in [0.05, 0.1) is 0 Å². The molecule has 0 radical (unpaired) electrons. The Kier molecular flexibility index (Phi) is 4.41. The zero-order chi connectivity index (χ0) is 13.9. The lowest BCUT2D eigenvalue weighted by Gasteiger charge is -2.36. The van der Waals surface area contributed by atoms with E-state index in [0.717, 1.165) is 24.0 Å². The SMILES string of the molecule is CNC1(CC(=O)c2cccc(C)c2C)CCCCC1. The molecule has 0 heterocycles. The van der Waals surface area contributed by atoms with Gasteiger partial charge in [0.15, 0.2) is 5.78 Å². The monoisotopic (exact) mass is 259 g/mol. The van der Waals surface area contributed by atoms with Gasteiger partial charge in [0.2, 0.25) is 0 Å². The number of carbonyl (C=O) groups is 1. The van der Waals surface area contributed by atoms with Crippen LogP contribution in [0.25, 0.3) is 0 Å². The van der Waals surface area contributed by atoms with Gasteiger partial charge < -0.3 is 5.32 Å². The van der Waals surface area contributed by atoms with E-state index in [-0.39, 0.29) is 11.3 Å². The summed E-state index contributed by atoms with van der Waals surface area (Å²) < 4.78 is 0. The molecule has 2 rings (SSSR count). The second-order valence-corrected chi connectivity index (χ2v) is 5.94. The predicted molar refractivity (Wildman–Crippen MR) is 79.7 cm³/mol. The van der Waals surface area contributed by atoms with Gasteiger partial charge in [-0.1, -0.05) is 37.5 Å². The van der Waals surface area contributed by atoms with Crippen LogP contribution in [0.4, 0.5) is 0 Å². The molecular formula is C17H25NO. The molecule has 1 fully saturated rings. The van der Waals surface area contributed by atoms with Gasteiger partial charge in [-0.3, -0.25) is 4.79 Å². The molecule has 0 aliphatic heterocycles. The van der Waals surface area contributed by atoms with Crippen molar-refractivity contribution in [2.75, 3.05) is 7.05 Å². The van der Waals surface area contributed by atoms with Crippen molar-refractivity contribution in [1.82, 2.24) is 5.32 Å². The largest absolute Gasteiger partial charge is 0.314 e. The van der Waals surface area contributed by atoms with Crippen LogP contribution in [0, 0.1) is 13.8 Å². The van der Waals surface area contributed by atoms with Gasteiger partial charge in [0.1, 0.15) is 0 Å². The van der Waals surface area contributed by atoms with Gasteiger partial charge in [-0.2, -0.15) is 0 Å². The second kappa shape index (κ2) is 5.87. The summed E-state index contributed by atoms with van der Waals surface area (Å²) in [5, 5.41) is 3.43. The fourth-order valence-corrected chi connectivity index (χ4v) is 3.20. The summed E-state index contributed by atoms with van der Waals surface area (Å²) in [6.07, 6.45) is 6.66. The fourth-order valence-electron chi connectivity index (χ4n) is 3.20. The van der Waals surface area contributed by atoms with Crippen LogP contribution in [-0.4, -0.2) is 18.4 Å². The third kappa shape index (κ3) is 3.06. The van der Waals surface area contributed by atoms with Crippen molar-refractivity contribution in [3.05, 3.63) is 34.9 Å². The van der Waals surface area contributed by atoms with Crippen molar-refractivity contribution < 1.29 is 4.79 Å². The molecule has 2 heteroatoms. The van der Waals surface area contributed by atoms with Crippen LogP contribution in [0.2, 0.25) is 0 Å². The van der Waals surface area contributed by atoms with E-state index in [1.165, 1.54) is 24.8 Å². The highest BCUT2D eigenvalue weighted by Crippen LogP contribution is 2.32. The standard InChI is InChI=1S/C17H25NO/c1-13-8-7-9-15(14(13)2)16(19)12-17(18-3)10-5-4-6-11-17/h7-9,18H,4-6,10-12H2,1-3H3. The Hall–Kier alpha value is -1.15. The van der Waals surface area contributed by atoms with Gasteiger partial charge in [-0.05, 0) is 44.9 Å². The maximum Gasteiger partial charge on any atom is 0.164 e. The molecule has 2 nitrogen and oxygen atoms in total. The average Bonchev–Trinajstić information content (AvgIpc) is 2.42. The van der Waals surface area contributed by atoms with Crippen molar-refractivity contribution in [1.29, 1.82) is 0 Å². The van der Waals surface area contributed by atoms with Crippen molar-refractivity contribution in [3.63, 3.8) is 0 Å². The highest BCUT2D eigenvalue weighted by molar-refractivity contribution is 5.98. The van der Waals surface area contributed by atoms with Crippen LogP contribution in [0.15, 0.2) is 18.2 Å². The summed E-state index contributed by atoms with van der Waals surface area (Å²) in [4.78, 5) is 12.6. The van der Waals surface area contributed by atoms with E-state index in [1.54, 1.807) is 0 Å². The third-order valence-corrected chi connectivity index (χ3v) is 4.74. The first kappa shape index (κ1) is 14.3. The lowest BCUT2D eigenvalue weighted by Crippen LogP contribution is -2.46. The topological polar surface area (TPSA) is 29.1 Å². The number of rotatable bonds is 4. The zero-order valence-corrected chi connectivity index (χ0v) is 12.4. The lowest BCUT2D eigenvalue weighted by molar-refractivity contribution is 0.0914. The first-order valence-electron chi connectivity index (χ1n) is 7.36. The van der Waals surface area contributed by atoms with Crippen LogP contribution in [-0.2, 0) is 0 Å². The van der Waals surface area contributed by atoms with E-state index in [0.29, 0.717) is 6.42 Å². The first-order chi connectivity index (χ1) is 9.08. The number of nitrogens with one attached hydrogen (secondary N) is 1. The smallest absolute Gasteiger partial charge is 0.164 e. The Labute approximate surface area is 116 Å². The minimum Gasteiger partial charge on any atom is -0.314 e. The molecule has 1 N–H and O–H groups in total. The normalized spacial score (nSPS) is 18.3. The minimum absolute atomic E-state index is 0.0333. The van der Waals surface area contributed by atoms with E-state index in [9.17, 15) is 4.79 Å². The summed E-state index contributed by atoms with van der Waals surface area (Å²) in [6, 6.07) is 6.03. The lowest BCUT2D eigenvalue weighted by atomic mass is 9.77. The third-order valence-electron chi connectivity index (χ3n) is 4.74. The van der Waals surface area contributed by atoms with Crippen LogP contribution in [0.3, 0.4) is 0 Å². The molecule has 0 aromatic heterocycles. The van der Waals surface area contributed by atoms with Crippen molar-refractivity contribution in [2.24, 2.45) is 0 Å². The highest BCUT2D eigenvalue weighted by Gasteiger charge is 2.33. The van der Waals surface area contributed by atoms with E-state index < -0.39 is 0 Å². The molecule has 19 heavy (non-hydrogen) atoms. The second-order valence-electron chi connectivity index (χ2n) is 5.94. The molecule has 0 spiro atoms. The molecule has 0 amide bonds. The maximum absolute atomic E-state index is 12.6. The molecule has 1 saturated carbocycles. The Morgan fingerprint density at radius 3 is 2.53 bits per heavy atom. The zero-order valence-electron chi connectivity index (χ0n) is 12.4. The average molecular weight is 259 g/mol. The quantitative estimate of drug-likeness (QED) is 0.833. The van der Waals surface area contributed by atoms with E-state index >= 15 is 0 Å². The Balaban J connectivity index is 2.17. The van der Waals surface area contributed by atoms with Crippen molar-refractivity contribution >= 4 is 5.78 Å². The van der Waals surface area contributed by atoms with Crippen LogP contribution in [0.5, 0.6) is 0 Å². The van der Waals surface area contributed by atoms with Gasteiger partial charge >= 0.3 is 0 Å². The molecule has 0 saturated heterocycles. The number of hydrogen-bond acceptors (Lipinski definition) is 2. The van der Waals surface area contributed by atoms with Gasteiger partial charge in [0, 0.05) is 17.5 Å². The number of ketones is 1. The molecule has 1 aliphatic carbocycles. The molecule has 0 bridgehead atoms. The van der Waals surface area contributed by atoms with Gasteiger partial charge in [-0.15, -0.1) is 0 Å². The fraction of sp³-hybridized carbons (Fsp3) is 0.588. The molecule has 0 unspecified atom stereocenters. The molecule has 1 aromatic carbocycles. The first-order valence-corrected chi connectivity index (χ1v) is 7.36. The molecule has 0 atom stereocenters. The van der Waals surface area contributed by atoms with Gasteiger partial charge in [-0.25, -0.2) is 0 Å². The Bertz CT molecular complexity index is 458. The molecular weight excluding hydrogens is 234 g/mol. The number of benzene rings is 1. The molecule has 104 valence electrons. The molecule has 1 aromatic rings. The van der Waals surface area contributed by atoms with Crippen molar-refractivity contribution in [2.45, 2.75) is 57.9 Å². The summed E-state index contributed by atoms with van der Waals surface area (Å²) in [6.45, 7) is 4.12. The summed E-state index contributed by atoms with van der Waals surface area (Å²) >= 11 is 0. The van der Waals surface area contributed by atoms with E-state index in [4.69, 9.17) is 0 Å². The highest BCUT2D eigenvalue weighted by atomic mass is 16.1. The Morgan fingerprint density at radius 1 is 1.21 bits per heavy atom. The van der Waals surface area contributed by atoms with Crippen LogP contribution in [0.1, 0.15) is 60.0 Å². The number of aryl methyl sites for hydroxylation is 1. The Morgan fingerprint density at radius 2 is 1.89 bits per heavy atom. The number of hydrogen-bond donors (Lipinski definition) is 1. The van der Waals surface area contributed by atoms with E-state index in [2.05, 4.69) is 25.2 Å². The molecule has 1 aliphatic rings. The summed E-state index contributed by atoms with van der Waals surface area (Å²) in [5.74, 6) is 0.289. The van der Waals surface area contributed by atoms with E-state index in [1.807, 2.05) is 19.2 Å². The van der Waals surface area contributed by atoms with Gasteiger partial charge in [0.25, 0.3) is 0 Å². The van der Waals surface area contributed by atoms with Crippen molar-refractivity contribution in [3.8, 4) is 0 Å². The minimum atomic E-state index is 0.0333. The van der Waals surface area contributed by atoms with Crippen LogP contribution >= 0.6 is 0 Å². The summed E-state index contributed by atoms with van der Waals surface area (Å²) in [7, 11) is 2.00. The number of Topliss-reactive ketones (excluding diaryl/α,β-unsaturated/α-hetero) is 1. The number of carbonyl (C=O) groups excluding carboxylic acids is 1.